The molecule has 2 heterocycles. The number of nitrogens with zero attached hydrogens (tertiary/aromatic N) is 1. The monoisotopic (exact) mass is 231 g/mol. The first-order chi connectivity index (χ1) is 8.34. The molecule has 2 aromatic rings. The fourth-order valence-corrected chi connectivity index (χ4v) is 2.36. The average Bonchev–Trinajstić information content (AvgIpc) is 3.00. The van der Waals surface area contributed by atoms with Crippen molar-refractivity contribution in [1.29, 1.82) is 0 Å². The second-order valence-corrected chi connectivity index (χ2v) is 4.36. The lowest BCUT2D eigenvalue weighted by Crippen LogP contribution is -2.12. The van der Waals surface area contributed by atoms with Crippen LogP contribution in [0.5, 0.6) is 0 Å². The van der Waals surface area contributed by atoms with Crippen LogP contribution in [0, 0.1) is 5.82 Å². The highest BCUT2D eigenvalue weighted by molar-refractivity contribution is 5.63. The molecule has 1 saturated heterocycles. The van der Waals surface area contributed by atoms with Crippen LogP contribution < -0.4 is 5.32 Å². The highest BCUT2D eigenvalue weighted by Gasteiger charge is 2.21. The molecule has 1 unspecified atom stereocenters. The number of benzene rings is 1. The zero-order valence-corrected chi connectivity index (χ0v) is 9.41. The molecule has 0 bridgehead atoms. The van der Waals surface area contributed by atoms with E-state index >= 15 is 0 Å². The summed E-state index contributed by atoms with van der Waals surface area (Å²) in [4.78, 5) is 0. The molecule has 0 amide bonds. The first kappa shape index (κ1) is 10.5. The predicted molar refractivity (Wildman–Crippen MR) is 64.0 cm³/mol. The molecule has 0 radical (unpaired) electrons. The van der Waals surface area contributed by atoms with E-state index in [9.17, 15) is 4.39 Å². The van der Waals surface area contributed by atoms with Gasteiger partial charge in [-0.15, -0.1) is 0 Å². The molecule has 0 spiro atoms. The molecule has 0 aliphatic carbocycles. The lowest BCUT2D eigenvalue weighted by atomic mass is 10.0. The molecule has 1 atom stereocenters. The molecule has 1 aromatic carbocycles. The maximum atomic E-state index is 12.9. The van der Waals surface area contributed by atoms with Crippen LogP contribution in [0.4, 0.5) is 4.39 Å². The fraction of sp³-hybridized carbons (Fsp3) is 0.308. The molecule has 4 heteroatoms. The van der Waals surface area contributed by atoms with E-state index in [1.54, 1.807) is 12.1 Å². The molecule has 0 saturated carbocycles. The lowest BCUT2D eigenvalue weighted by molar-refractivity contribution is 0.628. The summed E-state index contributed by atoms with van der Waals surface area (Å²) in [5.74, 6) is -0.214. The minimum atomic E-state index is -0.214. The van der Waals surface area contributed by atoms with E-state index in [2.05, 4.69) is 15.5 Å². The number of hydrogen-bond acceptors (Lipinski definition) is 2. The molecule has 2 N–H and O–H groups in total. The van der Waals surface area contributed by atoms with Crippen molar-refractivity contribution in [2.45, 2.75) is 18.9 Å². The highest BCUT2D eigenvalue weighted by atomic mass is 19.1. The second kappa shape index (κ2) is 4.30. The van der Waals surface area contributed by atoms with Gasteiger partial charge < -0.3 is 5.32 Å². The van der Waals surface area contributed by atoms with Crippen molar-refractivity contribution in [3.8, 4) is 11.3 Å². The topological polar surface area (TPSA) is 40.7 Å². The number of nitrogens with one attached hydrogen (secondary N) is 2. The SMILES string of the molecule is Fc1ccc(-c2[nH]ncc2C2CCCN2)cc1. The number of H-pyrrole nitrogens is 1. The maximum Gasteiger partial charge on any atom is 0.123 e. The summed E-state index contributed by atoms with van der Waals surface area (Å²) in [5.41, 5.74) is 3.14. The van der Waals surface area contributed by atoms with Crippen molar-refractivity contribution in [2.24, 2.45) is 0 Å². The minimum absolute atomic E-state index is 0.214. The molecule has 1 fully saturated rings. The van der Waals surface area contributed by atoms with Gasteiger partial charge in [-0.25, -0.2) is 4.39 Å². The number of halogens is 1. The Morgan fingerprint density at radius 3 is 2.76 bits per heavy atom. The smallest absolute Gasteiger partial charge is 0.123 e. The fourth-order valence-electron chi connectivity index (χ4n) is 2.36. The Balaban J connectivity index is 1.97. The molecule has 1 aliphatic heterocycles. The van der Waals surface area contributed by atoms with Gasteiger partial charge in [-0.05, 0) is 43.7 Å². The summed E-state index contributed by atoms with van der Waals surface area (Å²) in [6.07, 6.45) is 4.19. The van der Waals surface area contributed by atoms with Gasteiger partial charge in [0.2, 0.25) is 0 Å². The standard InChI is InChI=1S/C13H14FN3/c14-10-5-3-9(4-6-10)13-11(8-16-17-13)12-2-1-7-15-12/h3-6,8,12,15H,1-2,7H2,(H,16,17). The van der Waals surface area contributed by atoms with E-state index in [0.29, 0.717) is 6.04 Å². The summed E-state index contributed by atoms with van der Waals surface area (Å²) in [7, 11) is 0. The van der Waals surface area contributed by atoms with Crippen molar-refractivity contribution >= 4 is 0 Å². The van der Waals surface area contributed by atoms with Gasteiger partial charge in [0, 0.05) is 17.2 Å². The zero-order chi connectivity index (χ0) is 11.7. The molecule has 3 nitrogen and oxygen atoms in total. The van der Waals surface area contributed by atoms with Crippen molar-refractivity contribution in [3.05, 3.63) is 41.8 Å². The van der Waals surface area contributed by atoms with Crippen LogP contribution in [0.3, 0.4) is 0 Å². The number of aromatic nitrogens is 2. The molecule has 17 heavy (non-hydrogen) atoms. The van der Waals surface area contributed by atoms with Crippen LogP contribution in [-0.2, 0) is 0 Å². The van der Waals surface area contributed by atoms with Crippen LogP contribution >= 0.6 is 0 Å². The van der Waals surface area contributed by atoms with E-state index in [1.807, 2.05) is 6.20 Å². The van der Waals surface area contributed by atoms with Crippen molar-refractivity contribution in [3.63, 3.8) is 0 Å². The average molecular weight is 231 g/mol. The normalized spacial score (nSPS) is 19.7. The van der Waals surface area contributed by atoms with Gasteiger partial charge in [-0.1, -0.05) is 0 Å². The maximum absolute atomic E-state index is 12.9. The van der Waals surface area contributed by atoms with Gasteiger partial charge in [0.1, 0.15) is 5.82 Å². The molecular weight excluding hydrogens is 217 g/mol. The van der Waals surface area contributed by atoms with Crippen LogP contribution in [0.25, 0.3) is 11.3 Å². The quantitative estimate of drug-likeness (QED) is 0.834. The summed E-state index contributed by atoms with van der Waals surface area (Å²) >= 11 is 0. The van der Waals surface area contributed by atoms with Crippen LogP contribution in [-0.4, -0.2) is 16.7 Å². The largest absolute Gasteiger partial charge is 0.310 e. The zero-order valence-electron chi connectivity index (χ0n) is 9.41. The Kier molecular flexibility index (Phi) is 2.65. The van der Waals surface area contributed by atoms with Crippen molar-refractivity contribution in [1.82, 2.24) is 15.5 Å². The predicted octanol–water partition coefficient (Wildman–Crippen LogP) is 2.64. The van der Waals surface area contributed by atoms with Gasteiger partial charge in [-0.3, -0.25) is 5.10 Å². The Hall–Kier alpha value is -1.68. The van der Waals surface area contributed by atoms with E-state index in [4.69, 9.17) is 0 Å². The van der Waals surface area contributed by atoms with E-state index < -0.39 is 0 Å². The number of aromatic amines is 1. The van der Waals surface area contributed by atoms with Crippen LogP contribution in [0.2, 0.25) is 0 Å². The van der Waals surface area contributed by atoms with Gasteiger partial charge in [0.15, 0.2) is 0 Å². The molecule has 1 aromatic heterocycles. The summed E-state index contributed by atoms with van der Waals surface area (Å²) < 4.78 is 12.9. The summed E-state index contributed by atoms with van der Waals surface area (Å²) in [6, 6.07) is 6.88. The first-order valence-electron chi connectivity index (χ1n) is 5.87. The third-order valence-corrected chi connectivity index (χ3v) is 3.24. The number of hydrogen-bond donors (Lipinski definition) is 2. The van der Waals surface area contributed by atoms with Gasteiger partial charge in [0.25, 0.3) is 0 Å². The molecule has 3 rings (SSSR count). The summed E-state index contributed by atoms with van der Waals surface area (Å²) in [6.45, 7) is 1.05. The van der Waals surface area contributed by atoms with Crippen LogP contribution in [0.1, 0.15) is 24.4 Å². The lowest BCUT2D eigenvalue weighted by Gasteiger charge is -2.10. The Labute approximate surface area is 99.1 Å². The summed E-state index contributed by atoms with van der Waals surface area (Å²) in [5, 5.41) is 10.6. The Morgan fingerprint density at radius 1 is 1.24 bits per heavy atom. The third-order valence-electron chi connectivity index (χ3n) is 3.24. The van der Waals surface area contributed by atoms with Crippen LogP contribution in [0.15, 0.2) is 30.5 Å². The first-order valence-corrected chi connectivity index (χ1v) is 5.87. The number of rotatable bonds is 2. The van der Waals surface area contributed by atoms with Gasteiger partial charge in [-0.2, -0.15) is 5.10 Å². The van der Waals surface area contributed by atoms with E-state index in [0.717, 1.165) is 24.2 Å². The van der Waals surface area contributed by atoms with Crippen molar-refractivity contribution in [2.75, 3.05) is 6.54 Å². The van der Waals surface area contributed by atoms with E-state index in [-0.39, 0.29) is 5.82 Å². The van der Waals surface area contributed by atoms with E-state index in [1.165, 1.54) is 24.1 Å². The Morgan fingerprint density at radius 2 is 2.06 bits per heavy atom. The van der Waals surface area contributed by atoms with Crippen molar-refractivity contribution < 1.29 is 4.39 Å². The second-order valence-electron chi connectivity index (χ2n) is 4.36. The Bertz CT molecular complexity index is 498. The minimum Gasteiger partial charge on any atom is -0.310 e. The molecule has 1 aliphatic rings. The third kappa shape index (κ3) is 1.96. The molecular formula is C13H14FN3. The van der Waals surface area contributed by atoms with Gasteiger partial charge >= 0.3 is 0 Å². The molecule has 88 valence electrons. The highest BCUT2D eigenvalue weighted by Crippen LogP contribution is 2.30. The van der Waals surface area contributed by atoms with Gasteiger partial charge in [0.05, 0.1) is 11.9 Å².